The summed E-state index contributed by atoms with van der Waals surface area (Å²) in [6.45, 7) is 1.65. The molecule has 0 fully saturated rings. The molecular weight excluding hydrogens is 288 g/mol. The van der Waals surface area contributed by atoms with Crippen molar-refractivity contribution in [2.24, 2.45) is 0 Å². The molecule has 0 saturated heterocycles. The Labute approximate surface area is 127 Å². The lowest BCUT2D eigenvalue weighted by Crippen LogP contribution is -2.28. The number of hydrogen-bond acceptors (Lipinski definition) is 2. The van der Waals surface area contributed by atoms with Crippen LogP contribution in [-0.4, -0.2) is 13.0 Å². The molecule has 0 bridgehead atoms. The molecule has 0 saturated carbocycles. The van der Waals surface area contributed by atoms with E-state index in [-0.39, 0.29) is 17.9 Å². The third-order valence-electron chi connectivity index (χ3n) is 3.31. The molecular formula is C17H17F2NO2. The Kier molecular flexibility index (Phi) is 5.09. The van der Waals surface area contributed by atoms with Gasteiger partial charge in [0.2, 0.25) is 5.91 Å². The van der Waals surface area contributed by atoms with Crippen LogP contribution in [0.25, 0.3) is 0 Å². The number of rotatable bonds is 5. The van der Waals surface area contributed by atoms with Gasteiger partial charge in [0.15, 0.2) is 0 Å². The molecule has 22 heavy (non-hydrogen) atoms. The highest BCUT2D eigenvalue weighted by Crippen LogP contribution is 2.18. The number of ether oxygens (including phenoxy) is 1. The van der Waals surface area contributed by atoms with Crippen molar-refractivity contribution < 1.29 is 18.3 Å². The first-order valence-corrected chi connectivity index (χ1v) is 6.87. The van der Waals surface area contributed by atoms with Crippen LogP contribution in [0.1, 0.15) is 24.1 Å². The van der Waals surface area contributed by atoms with E-state index in [1.807, 2.05) is 6.07 Å². The lowest BCUT2D eigenvalue weighted by atomic mass is 10.1. The first-order chi connectivity index (χ1) is 10.5. The van der Waals surface area contributed by atoms with Crippen LogP contribution in [0.5, 0.6) is 5.75 Å². The van der Waals surface area contributed by atoms with Gasteiger partial charge in [-0.15, -0.1) is 0 Å². The monoisotopic (exact) mass is 305 g/mol. The highest BCUT2D eigenvalue weighted by Gasteiger charge is 2.14. The van der Waals surface area contributed by atoms with Crippen molar-refractivity contribution >= 4 is 5.91 Å². The normalized spacial score (nSPS) is 11.8. The molecule has 0 radical (unpaired) electrons. The Balaban J connectivity index is 2.01. The molecule has 3 nitrogen and oxygen atoms in total. The molecule has 0 aliphatic heterocycles. The van der Waals surface area contributed by atoms with Gasteiger partial charge in [-0.2, -0.15) is 0 Å². The van der Waals surface area contributed by atoms with Crippen molar-refractivity contribution in [2.45, 2.75) is 19.4 Å². The zero-order valence-electron chi connectivity index (χ0n) is 12.4. The number of carbonyl (C=O) groups excluding carboxylic acids is 1. The van der Waals surface area contributed by atoms with Gasteiger partial charge in [0.05, 0.1) is 19.6 Å². The van der Waals surface area contributed by atoms with E-state index in [1.165, 1.54) is 12.1 Å². The molecule has 1 atom stereocenters. The summed E-state index contributed by atoms with van der Waals surface area (Å²) in [5.41, 5.74) is 1.05. The summed E-state index contributed by atoms with van der Waals surface area (Å²) in [5, 5.41) is 2.70. The Morgan fingerprint density at radius 3 is 2.68 bits per heavy atom. The standard InChI is InChI=1S/C17H17F2NO2/c1-11(15-7-6-13(18)10-16(15)19)20-17(21)9-12-4-3-5-14(8-12)22-2/h3-8,10-11H,9H2,1-2H3,(H,20,21). The van der Waals surface area contributed by atoms with Crippen LogP contribution in [0.15, 0.2) is 42.5 Å². The summed E-state index contributed by atoms with van der Waals surface area (Å²) in [6.07, 6.45) is 0.157. The number of nitrogens with one attached hydrogen (secondary N) is 1. The second-order valence-electron chi connectivity index (χ2n) is 4.98. The molecule has 0 aliphatic rings. The lowest BCUT2D eigenvalue weighted by molar-refractivity contribution is -0.121. The van der Waals surface area contributed by atoms with Gasteiger partial charge < -0.3 is 10.1 Å². The SMILES string of the molecule is COc1cccc(CC(=O)NC(C)c2ccc(F)cc2F)c1. The largest absolute Gasteiger partial charge is 0.497 e. The maximum absolute atomic E-state index is 13.7. The van der Waals surface area contributed by atoms with Crippen LogP contribution in [0.2, 0.25) is 0 Å². The van der Waals surface area contributed by atoms with E-state index in [0.29, 0.717) is 5.75 Å². The Morgan fingerprint density at radius 1 is 1.23 bits per heavy atom. The zero-order valence-corrected chi connectivity index (χ0v) is 12.4. The molecule has 5 heteroatoms. The van der Waals surface area contributed by atoms with Crippen molar-refractivity contribution in [2.75, 3.05) is 7.11 Å². The molecule has 1 N–H and O–H groups in total. The van der Waals surface area contributed by atoms with E-state index in [9.17, 15) is 13.6 Å². The minimum Gasteiger partial charge on any atom is -0.497 e. The second-order valence-corrected chi connectivity index (χ2v) is 4.98. The van der Waals surface area contributed by atoms with Crippen molar-refractivity contribution in [1.29, 1.82) is 0 Å². The number of amides is 1. The average Bonchev–Trinajstić information content (AvgIpc) is 2.47. The Morgan fingerprint density at radius 2 is 2.00 bits per heavy atom. The van der Waals surface area contributed by atoms with Gasteiger partial charge in [-0.05, 0) is 30.7 Å². The quantitative estimate of drug-likeness (QED) is 0.919. The number of carbonyl (C=O) groups is 1. The van der Waals surface area contributed by atoms with Gasteiger partial charge in [0.1, 0.15) is 17.4 Å². The van der Waals surface area contributed by atoms with Crippen LogP contribution in [-0.2, 0) is 11.2 Å². The van der Waals surface area contributed by atoms with Crippen molar-refractivity contribution in [1.82, 2.24) is 5.32 Å². The fourth-order valence-corrected chi connectivity index (χ4v) is 2.19. The molecule has 2 rings (SSSR count). The number of halogens is 2. The number of hydrogen-bond donors (Lipinski definition) is 1. The highest BCUT2D eigenvalue weighted by atomic mass is 19.1. The summed E-state index contributed by atoms with van der Waals surface area (Å²) < 4.78 is 31.7. The third-order valence-corrected chi connectivity index (χ3v) is 3.31. The first kappa shape index (κ1) is 15.9. The van der Waals surface area contributed by atoms with Crippen LogP contribution in [0.3, 0.4) is 0 Å². The van der Waals surface area contributed by atoms with Crippen molar-refractivity contribution in [3.8, 4) is 5.75 Å². The van der Waals surface area contributed by atoms with Crippen LogP contribution in [0.4, 0.5) is 8.78 Å². The van der Waals surface area contributed by atoms with E-state index < -0.39 is 17.7 Å². The summed E-state index contributed by atoms with van der Waals surface area (Å²) in [5.74, 6) is -0.891. The molecule has 0 heterocycles. The van der Waals surface area contributed by atoms with Gasteiger partial charge in [-0.25, -0.2) is 8.78 Å². The van der Waals surface area contributed by atoms with Crippen molar-refractivity contribution in [3.63, 3.8) is 0 Å². The number of methoxy groups -OCH3 is 1. The van der Waals surface area contributed by atoms with Crippen molar-refractivity contribution in [3.05, 3.63) is 65.2 Å². The van der Waals surface area contributed by atoms with Gasteiger partial charge in [0.25, 0.3) is 0 Å². The van der Waals surface area contributed by atoms with Gasteiger partial charge in [-0.1, -0.05) is 18.2 Å². The molecule has 1 amide bonds. The number of benzene rings is 2. The van der Waals surface area contributed by atoms with E-state index in [1.54, 1.807) is 32.2 Å². The minimum absolute atomic E-state index is 0.157. The summed E-state index contributed by atoms with van der Waals surface area (Å²) in [4.78, 5) is 12.0. The molecule has 2 aromatic carbocycles. The van der Waals surface area contributed by atoms with Crippen LogP contribution < -0.4 is 10.1 Å². The summed E-state index contributed by atoms with van der Waals surface area (Å²) in [6, 6.07) is 9.93. The zero-order chi connectivity index (χ0) is 16.1. The maximum Gasteiger partial charge on any atom is 0.224 e. The lowest BCUT2D eigenvalue weighted by Gasteiger charge is -2.15. The maximum atomic E-state index is 13.7. The van der Waals surface area contributed by atoms with Crippen LogP contribution in [0, 0.1) is 11.6 Å². The molecule has 2 aromatic rings. The van der Waals surface area contributed by atoms with Crippen LogP contribution >= 0.6 is 0 Å². The molecule has 0 spiro atoms. The molecule has 1 unspecified atom stereocenters. The average molecular weight is 305 g/mol. The second kappa shape index (κ2) is 7.02. The van der Waals surface area contributed by atoms with E-state index >= 15 is 0 Å². The van der Waals surface area contributed by atoms with Gasteiger partial charge in [-0.3, -0.25) is 4.79 Å². The highest BCUT2D eigenvalue weighted by molar-refractivity contribution is 5.79. The fourth-order valence-electron chi connectivity index (χ4n) is 2.19. The molecule has 0 aliphatic carbocycles. The summed E-state index contributed by atoms with van der Waals surface area (Å²) in [7, 11) is 1.55. The van der Waals surface area contributed by atoms with Gasteiger partial charge >= 0.3 is 0 Å². The van der Waals surface area contributed by atoms with Gasteiger partial charge in [0, 0.05) is 11.6 Å². The van der Waals surface area contributed by atoms with E-state index in [4.69, 9.17) is 4.74 Å². The predicted octanol–water partition coefficient (Wildman–Crippen LogP) is 3.39. The Bertz CT molecular complexity index is 673. The fraction of sp³-hybridized carbons (Fsp3) is 0.235. The Hall–Kier alpha value is -2.43. The van der Waals surface area contributed by atoms with E-state index in [0.717, 1.165) is 11.6 Å². The van der Waals surface area contributed by atoms with E-state index in [2.05, 4.69) is 5.32 Å². The molecule has 0 aromatic heterocycles. The predicted molar refractivity (Wildman–Crippen MR) is 79.6 cm³/mol. The first-order valence-electron chi connectivity index (χ1n) is 6.87. The third kappa shape index (κ3) is 4.04. The molecule has 116 valence electrons. The summed E-state index contributed by atoms with van der Waals surface area (Å²) >= 11 is 0. The smallest absolute Gasteiger partial charge is 0.224 e. The minimum atomic E-state index is -0.672. The topological polar surface area (TPSA) is 38.3 Å².